The van der Waals surface area contributed by atoms with Crippen molar-refractivity contribution >= 4 is 27.7 Å². The van der Waals surface area contributed by atoms with Gasteiger partial charge >= 0.3 is 0 Å². The second-order valence-electron chi connectivity index (χ2n) is 4.00. The van der Waals surface area contributed by atoms with Gasteiger partial charge < -0.3 is 10.6 Å². The molecule has 0 saturated carbocycles. The van der Waals surface area contributed by atoms with Crippen molar-refractivity contribution in [2.24, 2.45) is 0 Å². The quantitative estimate of drug-likeness (QED) is 0.874. The summed E-state index contributed by atoms with van der Waals surface area (Å²) >= 11 is 3.30. The van der Waals surface area contributed by atoms with E-state index in [1.807, 2.05) is 13.0 Å². The Hall–Kier alpha value is -1.36. The largest absolute Gasteiger partial charge is 0.354 e. The fraction of sp³-hybridized carbons (Fsp3) is 0.385. The minimum atomic E-state index is -0.539. The van der Waals surface area contributed by atoms with E-state index in [9.17, 15) is 9.59 Å². The molecular weight excluding hydrogens is 296 g/mol. The van der Waals surface area contributed by atoms with E-state index in [0.717, 1.165) is 10.9 Å². The van der Waals surface area contributed by atoms with Gasteiger partial charge in [0, 0.05) is 16.6 Å². The van der Waals surface area contributed by atoms with Gasteiger partial charge in [0.25, 0.3) is 5.91 Å². The molecule has 5 heteroatoms. The first-order chi connectivity index (χ1) is 8.54. The van der Waals surface area contributed by atoms with Crippen LogP contribution < -0.4 is 10.6 Å². The molecule has 98 valence electrons. The van der Waals surface area contributed by atoms with E-state index in [2.05, 4.69) is 26.6 Å². The fourth-order valence-corrected chi connectivity index (χ4v) is 1.78. The van der Waals surface area contributed by atoms with Gasteiger partial charge in [-0.3, -0.25) is 9.59 Å². The molecule has 0 radical (unpaired) electrons. The smallest absolute Gasteiger partial charge is 0.251 e. The van der Waals surface area contributed by atoms with Gasteiger partial charge in [-0.25, -0.2) is 0 Å². The van der Waals surface area contributed by atoms with Crippen LogP contribution in [0.2, 0.25) is 0 Å². The minimum Gasteiger partial charge on any atom is -0.354 e. The molecular formula is C13H17BrN2O2. The third-order valence-electron chi connectivity index (χ3n) is 2.38. The highest BCUT2D eigenvalue weighted by molar-refractivity contribution is 9.10. The van der Waals surface area contributed by atoms with Crippen LogP contribution in [0.25, 0.3) is 0 Å². The number of rotatable bonds is 5. The Balaban J connectivity index is 2.56. The van der Waals surface area contributed by atoms with E-state index in [0.29, 0.717) is 12.1 Å². The summed E-state index contributed by atoms with van der Waals surface area (Å²) in [6.07, 6.45) is 0.873. The summed E-state index contributed by atoms with van der Waals surface area (Å²) in [4.78, 5) is 23.5. The zero-order valence-corrected chi connectivity index (χ0v) is 12.1. The van der Waals surface area contributed by atoms with Crippen LogP contribution >= 0.6 is 15.9 Å². The lowest BCUT2D eigenvalue weighted by Crippen LogP contribution is -2.45. The van der Waals surface area contributed by atoms with Crippen molar-refractivity contribution in [2.75, 3.05) is 6.54 Å². The maximum absolute atomic E-state index is 11.9. The predicted molar refractivity (Wildman–Crippen MR) is 74.4 cm³/mol. The second-order valence-corrected chi connectivity index (χ2v) is 4.91. The van der Waals surface area contributed by atoms with Crippen LogP contribution in [0.3, 0.4) is 0 Å². The van der Waals surface area contributed by atoms with Crippen LogP contribution in [0, 0.1) is 0 Å². The monoisotopic (exact) mass is 312 g/mol. The highest BCUT2D eigenvalue weighted by Crippen LogP contribution is 2.11. The topological polar surface area (TPSA) is 58.2 Å². The Bertz CT molecular complexity index is 435. The Morgan fingerprint density at radius 3 is 2.72 bits per heavy atom. The Morgan fingerprint density at radius 2 is 2.11 bits per heavy atom. The predicted octanol–water partition coefficient (Wildman–Crippen LogP) is 2.09. The summed E-state index contributed by atoms with van der Waals surface area (Å²) < 4.78 is 0.832. The van der Waals surface area contributed by atoms with E-state index in [1.165, 1.54) is 0 Å². The number of nitrogens with one attached hydrogen (secondary N) is 2. The zero-order chi connectivity index (χ0) is 13.5. The normalized spacial score (nSPS) is 11.7. The van der Waals surface area contributed by atoms with Gasteiger partial charge in [0.05, 0.1) is 0 Å². The summed E-state index contributed by atoms with van der Waals surface area (Å²) in [5.74, 6) is -0.421. The van der Waals surface area contributed by atoms with Gasteiger partial charge in [0.2, 0.25) is 5.91 Å². The molecule has 0 heterocycles. The Kier molecular flexibility index (Phi) is 5.85. The van der Waals surface area contributed by atoms with E-state index in [1.54, 1.807) is 25.1 Å². The summed E-state index contributed by atoms with van der Waals surface area (Å²) in [6, 6.07) is 6.50. The van der Waals surface area contributed by atoms with Gasteiger partial charge in [-0.1, -0.05) is 28.9 Å². The number of carbonyl (C=O) groups excluding carboxylic acids is 2. The summed E-state index contributed by atoms with van der Waals surface area (Å²) in [7, 11) is 0. The lowest BCUT2D eigenvalue weighted by atomic mass is 10.2. The number of amides is 2. The first-order valence-electron chi connectivity index (χ1n) is 5.88. The third kappa shape index (κ3) is 4.49. The minimum absolute atomic E-state index is 0.166. The SMILES string of the molecule is CCCNC(=O)[C@H](C)NC(=O)c1cccc(Br)c1. The molecule has 1 aromatic carbocycles. The van der Waals surface area contributed by atoms with E-state index < -0.39 is 6.04 Å². The van der Waals surface area contributed by atoms with Crippen molar-refractivity contribution in [1.82, 2.24) is 10.6 Å². The van der Waals surface area contributed by atoms with Gasteiger partial charge in [-0.15, -0.1) is 0 Å². The van der Waals surface area contributed by atoms with Gasteiger partial charge in [0.15, 0.2) is 0 Å². The highest BCUT2D eigenvalue weighted by Gasteiger charge is 2.15. The number of benzene rings is 1. The van der Waals surface area contributed by atoms with Crippen molar-refractivity contribution in [3.63, 3.8) is 0 Å². The standard InChI is InChI=1S/C13H17BrN2O2/c1-3-7-15-12(17)9(2)16-13(18)10-5-4-6-11(14)8-10/h4-6,8-9H,3,7H2,1-2H3,(H,15,17)(H,16,18)/t9-/m0/s1. The van der Waals surface area contributed by atoms with E-state index >= 15 is 0 Å². The molecule has 0 fully saturated rings. The van der Waals surface area contributed by atoms with Gasteiger partial charge in [-0.05, 0) is 31.5 Å². The molecule has 0 aliphatic heterocycles. The molecule has 0 bridgehead atoms. The maximum Gasteiger partial charge on any atom is 0.251 e. The molecule has 18 heavy (non-hydrogen) atoms. The maximum atomic E-state index is 11.9. The van der Waals surface area contributed by atoms with Gasteiger partial charge in [0.1, 0.15) is 6.04 Å². The van der Waals surface area contributed by atoms with Crippen LogP contribution in [0.5, 0.6) is 0 Å². The number of halogens is 1. The molecule has 1 aromatic rings. The van der Waals surface area contributed by atoms with E-state index in [-0.39, 0.29) is 11.8 Å². The Morgan fingerprint density at radius 1 is 1.39 bits per heavy atom. The summed E-state index contributed by atoms with van der Waals surface area (Å²) in [6.45, 7) is 4.27. The molecule has 2 amide bonds. The van der Waals surface area contributed by atoms with Crippen molar-refractivity contribution < 1.29 is 9.59 Å². The highest BCUT2D eigenvalue weighted by atomic mass is 79.9. The lowest BCUT2D eigenvalue weighted by Gasteiger charge is -2.13. The molecule has 1 rings (SSSR count). The fourth-order valence-electron chi connectivity index (χ4n) is 1.38. The zero-order valence-electron chi connectivity index (χ0n) is 10.5. The number of carbonyl (C=O) groups is 2. The van der Waals surface area contributed by atoms with Crippen LogP contribution in [0.1, 0.15) is 30.6 Å². The summed E-state index contributed by atoms with van der Waals surface area (Å²) in [5, 5.41) is 5.40. The van der Waals surface area contributed by atoms with Crippen molar-refractivity contribution in [3.8, 4) is 0 Å². The van der Waals surface area contributed by atoms with Crippen LogP contribution in [-0.4, -0.2) is 24.4 Å². The average Bonchev–Trinajstić information content (AvgIpc) is 2.35. The lowest BCUT2D eigenvalue weighted by molar-refractivity contribution is -0.122. The van der Waals surface area contributed by atoms with Gasteiger partial charge in [-0.2, -0.15) is 0 Å². The van der Waals surface area contributed by atoms with Crippen LogP contribution in [-0.2, 0) is 4.79 Å². The molecule has 4 nitrogen and oxygen atoms in total. The molecule has 0 saturated heterocycles. The Labute approximate surface area is 115 Å². The molecule has 2 N–H and O–H groups in total. The van der Waals surface area contributed by atoms with Crippen LogP contribution in [0.4, 0.5) is 0 Å². The van der Waals surface area contributed by atoms with E-state index in [4.69, 9.17) is 0 Å². The molecule has 0 unspecified atom stereocenters. The molecule has 0 aliphatic carbocycles. The molecule has 0 aliphatic rings. The van der Waals surface area contributed by atoms with Crippen molar-refractivity contribution in [1.29, 1.82) is 0 Å². The molecule has 0 spiro atoms. The van der Waals surface area contributed by atoms with Crippen LogP contribution in [0.15, 0.2) is 28.7 Å². The molecule has 1 atom stereocenters. The second kappa shape index (κ2) is 7.16. The number of hydrogen-bond acceptors (Lipinski definition) is 2. The first-order valence-corrected chi connectivity index (χ1v) is 6.68. The van der Waals surface area contributed by atoms with Crippen molar-refractivity contribution in [3.05, 3.63) is 34.3 Å². The number of hydrogen-bond donors (Lipinski definition) is 2. The van der Waals surface area contributed by atoms with Crippen molar-refractivity contribution in [2.45, 2.75) is 26.3 Å². The average molecular weight is 313 g/mol. The summed E-state index contributed by atoms with van der Waals surface area (Å²) in [5.41, 5.74) is 0.527. The first kappa shape index (κ1) is 14.7. The molecule has 0 aromatic heterocycles. The third-order valence-corrected chi connectivity index (χ3v) is 2.87.